The van der Waals surface area contributed by atoms with Gasteiger partial charge in [0.2, 0.25) is 10.0 Å². The Kier molecular flexibility index (Phi) is 5.02. The molecule has 0 radical (unpaired) electrons. The maximum atomic E-state index is 12.2. The number of carbonyl (C=O) groups is 1. The summed E-state index contributed by atoms with van der Waals surface area (Å²) < 4.78 is 27.4. The maximum absolute atomic E-state index is 12.2. The molecule has 0 atom stereocenters. The first-order valence-electron chi connectivity index (χ1n) is 5.87. The van der Waals surface area contributed by atoms with E-state index in [1.165, 1.54) is 29.5 Å². The molecule has 0 aliphatic carbocycles. The molecule has 112 valence electrons. The van der Waals surface area contributed by atoms with E-state index in [2.05, 4.69) is 4.72 Å². The summed E-state index contributed by atoms with van der Waals surface area (Å²) in [4.78, 5) is 13.0. The number of thiophene rings is 1. The highest BCUT2D eigenvalue weighted by molar-refractivity contribution is 14.1. The van der Waals surface area contributed by atoms with E-state index in [0.29, 0.717) is 3.57 Å². The van der Waals surface area contributed by atoms with E-state index >= 15 is 0 Å². The third-order valence-corrected chi connectivity index (χ3v) is 6.05. The van der Waals surface area contributed by atoms with Gasteiger partial charge in [0.1, 0.15) is 0 Å². The van der Waals surface area contributed by atoms with Gasteiger partial charge < -0.3 is 5.11 Å². The molecular weight excluding hydrogens is 425 g/mol. The van der Waals surface area contributed by atoms with Crippen molar-refractivity contribution in [3.05, 3.63) is 49.2 Å². The first-order chi connectivity index (χ1) is 9.79. The first-order valence-corrected chi connectivity index (χ1v) is 9.25. The van der Waals surface area contributed by atoms with Crippen LogP contribution in [0.5, 0.6) is 0 Å². The van der Waals surface area contributed by atoms with Crippen molar-refractivity contribution in [2.45, 2.75) is 18.4 Å². The second-order valence-electron chi connectivity index (χ2n) is 4.28. The number of rotatable bonds is 5. The van der Waals surface area contributed by atoms with Gasteiger partial charge in [-0.1, -0.05) is 0 Å². The summed E-state index contributed by atoms with van der Waals surface area (Å²) in [6, 6.07) is 7.83. The van der Waals surface area contributed by atoms with Crippen LogP contribution in [0.3, 0.4) is 0 Å². The Morgan fingerprint density at radius 2 is 2.05 bits per heavy atom. The zero-order valence-corrected chi connectivity index (χ0v) is 14.8. The lowest BCUT2D eigenvalue weighted by atomic mass is 10.2. The van der Waals surface area contributed by atoms with Crippen molar-refractivity contribution in [1.29, 1.82) is 0 Å². The van der Waals surface area contributed by atoms with Gasteiger partial charge in [-0.15, -0.1) is 11.3 Å². The highest BCUT2D eigenvalue weighted by Crippen LogP contribution is 2.19. The van der Waals surface area contributed by atoms with Crippen LogP contribution in [-0.2, 0) is 16.6 Å². The molecule has 5 nitrogen and oxygen atoms in total. The number of halogens is 1. The Morgan fingerprint density at radius 1 is 1.33 bits per heavy atom. The number of benzene rings is 1. The second-order valence-corrected chi connectivity index (χ2v) is 8.59. The Balaban J connectivity index is 2.23. The Hall–Kier alpha value is -0.970. The quantitative estimate of drug-likeness (QED) is 0.705. The number of carboxylic acid groups (broad SMARTS) is 1. The number of aromatic carboxylic acids is 1. The van der Waals surface area contributed by atoms with Crippen LogP contribution in [0, 0.1) is 10.5 Å². The number of nitrogens with one attached hydrogen (secondary N) is 1. The number of carboxylic acids is 1. The lowest BCUT2D eigenvalue weighted by molar-refractivity contribution is 0.0695. The highest BCUT2D eigenvalue weighted by Gasteiger charge is 2.18. The Morgan fingerprint density at radius 3 is 2.62 bits per heavy atom. The standard InChI is InChI=1S/C13H12INO4S2/c1-8-2-3-9(20-8)7-15-21(18,19)10-4-5-12(14)11(6-10)13(16)17/h2-6,15H,7H2,1H3,(H,16,17). The third kappa shape index (κ3) is 4.02. The fourth-order valence-electron chi connectivity index (χ4n) is 1.67. The minimum absolute atomic E-state index is 0.0227. The van der Waals surface area contributed by atoms with E-state index in [4.69, 9.17) is 5.11 Å². The molecule has 2 rings (SSSR count). The van der Waals surface area contributed by atoms with E-state index in [9.17, 15) is 13.2 Å². The van der Waals surface area contributed by atoms with Crippen molar-refractivity contribution in [3.8, 4) is 0 Å². The Bertz CT molecular complexity index is 783. The summed E-state index contributed by atoms with van der Waals surface area (Å²) in [7, 11) is -3.73. The van der Waals surface area contributed by atoms with Crippen molar-refractivity contribution < 1.29 is 18.3 Å². The van der Waals surface area contributed by atoms with E-state index in [1.807, 2.05) is 41.6 Å². The fourth-order valence-corrected chi connectivity index (χ4v) is 4.19. The summed E-state index contributed by atoms with van der Waals surface area (Å²) in [6.45, 7) is 2.14. The van der Waals surface area contributed by atoms with Crippen LogP contribution in [0.25, 0.3) is 0 Å². The van der Waals surface area contributed by atoms with E-state index < -0.39 is 16.0 Å². The maximum Gasteiger partial charge on any atom is 0.336 e. The largest absolute Gasteiger partial charge is 0.478 e. The van der Waals surface area contributed by atoms with Gasteiger partial charge >= 0.3 is 5.97 Å². The third-order valence-electron chi connectivity index (χ3n) is 2.71. The minimum atomic E-state index is -3.73. The smallest absolute Gasteiger partial charge is 0.336 e. The SMILES string of the molecule is Cc1ccc(CNS(=O)(=O)c2ccc(I)c(C(=O)O)c2)s1. The molecular formula is C13H12INO4S2. The number of hydrogen-bond donors (Lipinski definition) is 2. The van der Waals surface area contributed by atoms with Crippen LogP contribution < -0.4 is 4.72 Å². The predicted octanol–water partition coefficient (Wildman–Crippen LogP) is 2.84. The van der Waals surface area contributed by atoms with Crippen LogP contribution in [0.15, 0.2) is 35.2 Å². The van der Waals surface area contributed by atoms with Crippen molar-refractivity contribution in [2.75, 3.05) is 0 Å². The van der Waals surface area contributed by atoms with Gasteiger partial charge in [0.15, 0.2) is 0 Å². The van der Waals surface area contributed by atoms with Gasteiger partial charge in [0, 0.05) is 19.9 Å². The van der Waals surface area contributed by atoms with Crippen molar-refractivity contribution >= 4 is 49.9 Å². The van der Waals surface area contributed by atoms with Crippen LogP contribution in [-0.4, -0.2) is 19.5 Å². The molecule has 2 N–H and O–H groups in total. The van der Waals surface area contributed by atoms with Crippen molar-refractivity contribution in [1.82, 2.24) is 4.72 Å². The van der Waals surface area contributed by atoms with Crippen molar-refractivity contribution in [3.63, 3.8) is 0 Å². The first kappa shape index (κ1) is 16.4. The van der Waals surface area contributed by atoms with Gasteiger partial charge in [-0.3, -0.25) is 0 Å². The minimum Gasteiger partial charge on any atom is -0.478 e. The molecule has 0 bridgehead atoms. The molecule has 0 unspecified atom stereocenters. The molecule has 21 heavy (non-hydrogen) atoms. The average Bonchev–Trinajstić information content (AvgIpc) is 2.82. The number of hydrogen-bond acceptors (Lipinski definition) is 4. The van der Waals surface area contributed by atoms with E-state index in [1.54, 1.807) is 0 Å². The van der Waals surface area contributed by atoms with Gasteiger partial charge in [-0.05, 0) is 59.8 Å². The van der Waals surface area contributed by atoms with Crippen LogP contribution in [0.4, 0.5) is 0 Å². The number of sulfonamides is 1. The predicted molar refractivity (Wildman–Crippen MR) is 89.2 cm³/mol. The van der Waals surface area contributed by atoms with Gasteiger partial charge in [-0.25, -0.2) is 17.9 Å². The lowest BCUT2D eigenvalue weighted by Gasteiger charge is -2.07. The Labute approximate surface area is 140 Å². The normalized spacial score (nSPS) is 11.5. The molecule has 0 aliphatic heterocycles. The average molecular weight is 437 g/mol. The van der Waals surface area contributed by atoms with Crippen LogP contribution in [0.2, 0.25) is 0 Å². The summed E-state index contributed by atoms with van der Waals surface area (Å²) in [5.74, 6) is -1.15. The molecule has 0 saturated heterocycles. The number of aryl methyl sites for hydroxylation is 1. The summed E-state index contributed by atoms with van der Waals surface area (Å²) in [5, 5.41) is 9.05. The molecule has 1 aromatic heterocycles. The molecule has 0 fully saturated rings. The van der Waals surface area contributed by atoms with E-state index in [0.717, 1.165) is 9.75 Å². The molecule has 1 heterocycles. The molecule has 1 aromatic carbocycles. The summed E-state index contributed by atoms with van der Waals surface area (Å²) in [5.41, 5.74) is -0.0227. The van der Waals surface area contributed by atoms with Gasteiger partial charge in [0.25, 0.3) is 0 Å². The molecule has 0 spiro atoms. The second kappa shape index (κ2) is 6.42. The topological polar surface area (TPSA) is 83.5 Å². The molecule has 0 aliphatic rings. The molecule has 0 amide bonds. The highest BCUT2D eigenvalue weighted by atomic mass is 127. The lowest BCUT2D eigenvalue weighted by Crippen LogP contribution is -2.23. The van der Waals surface area contributed by atoms with Gasteiger partial charge in [0.05, 0.1) is 10.5 Å². The van der Waals surface area contributed by atoms with E-state index in [-0.39, 0.29) is 17.0 Å². The van der Waals surface area contributed by atoms with Crippen LogP contribution >= 0.6 is 33.9 Å². The van der Waals surface area contributed by atoms with Crippen LogP contribution in [0.1, 0.15) is 20.1 Å². The summed E-state index contributed by atoms with van der Waals surface area (Å²) >= 11 is 3.37. The summed E-state index contributed by atoms with van der Waals surface area (Å²) in [6.07, 6.45) is 0. The van der Waals surface area contributed by atoms with Crippen molar-refractivity contribution in [2.24, 2.45) is 0 Å². The molecule has 0 saturated carbocycles. The van der Waals surface area contributed by atoms with Gasteiger partial charge in [-0.2, -0.15) is 0 Å². The molecule has 2 aromatic rings. The fraction of sp³-hybridized carbons (Fsp3) is 0.154. The monoisotopic (exact) mass is 437 g/mol. The molecule has 8 heteroatoms. The zero-order chi connectivity index (χ0) is 15.6. The zero-order valence-electron chi connectivity index (χ0n) is 11.0.